The molecule has 1 atom stereocenters. The predicted octanol–water partition coefficient (Wildman–Crippen LogP) is 3.16. The first kappa shape index (κ1) is 18.1. The van der Waals surface area contributed by atoms with E-state index in [1.165, 1.54) is 17.5 Å². The van der Waals surface area contributed by atoms with Crippen LogP contribution in [0.25, 0.3) is 0 Å². The Morgan fingerprint density at radius 3 is 2.52 bits per heavy atom. The van der Waals surface area contributed by atoms with E-state index in [9.17, 15) is 4.79 Å². The average Bonchev–Trinajstić information content (AvgIpc) is 2.90. The Labute approximate surface area is 161 Å². The van der Waals surface area contributed by atoms with Gasteiger partial charge < -0.3 is 9.64 Å². The van der Waals surface area contributed by atoms with E-state index in [4.69, 9.17) is 4.74 Å². The zero-order chi connectivity index (χ0) is 18.5. The molecule has 0 saturated carbocycles. The monoisotopic (exact) mass is 364 g/mol. The van der Waals surface area contributed by atoms with Gasteiger partial charge in [0, 0.05) is 32.1 Å². The number of amides is 1. The molecule has 1 aliphatic carbocycles. The molecule has 2 aromatic rings. The Balaban J connectivity index is 1.30. The lowest BCUT2D eigenvalue weighted by atomic mass is 9.87. The zero-order valence-electron chi connectivity index (χ0n) is 15.8. The van der Waals surface area contributed by atoms with Crippen LogP contribution in [-0.2, 0) is 17.6 Å². The van der Waals surface area contributed by atoms with Crippen LogP contribution in [0.1, 0.15) is 24.0 Å². The highest BCUT2D eigenvalue weighted by molar-refractivity contribution is 5.76. The third-order valence-corrected chi connectivity index (χ3v) is 5.83. The zero-order valence-corrected chi connectivity index (χ0v) is 15.8. The van der Waals surface area contributed by atoms with Gasteiger partial charge in [-0.1, -0.05) is 42.5 Å². The minimum Gasteiger partial charge on any atom is -0.492 e. The van der Waals surface area contributed by atoms with Gasteiger partial charge in [-0.15, -0.1) is 0 Å². The number of ether oxygens (including phenoxy) is 1. The second kappa shape index (κ2) is 8.57. The number of carbonyl (C=O) groups excluding carboxylic acids is 1. The molecule has 0 N–H and O–H groups in total. The van der Waals surface area contributed by atoms with Crippen LogP contribution in [0, 0.1) is 0 Å². The van der Waals surface area contributed by atoms with Crippen molar-refractivity contribution in [3.8, 4) is 5.75 Å². The summed E-state index contributed by atoms with van der Waals surface area (Å²) in [5, 5.41) is 0. The number of fused-ring (bicyclic) bond motifs is 1. The predicted molar refractivity (Wildman–Crippen MR) is 107 cm³/mol. The van der Waals surface area contributed by atoms with Gasteiger partial charge in [-0.2, -0.15) is 0 Å². The van der Waals surface area contributed by atoms with Crippen LogP contribution in [-0.4, -0.2) is 54.5 Å². The second-order valence-electron chi connectivity index (χ2n) is 7.49. The van der Waals surface area contributed by atoms with E-state index in [2.05, 4.69) is 29.2 Å². The number of para-hydroxylation sites is 1. The lowest BCUT2D eigenvalue weighted by Crippen LogP contribution is -2.42. The number of benzene rings is 2. The molecular formula is C23H28N2O2. The number of rotatable bonds is 5. The molecule has 1 saturated heterocycles. The van der Waals surface area contributed by atoms with Crippen molar-refractivity contribution in [3.63, 3.8) is 0 Å². The maximum atomic E-state index is 12.5. The summed E-state index contributed by atoms with van der Waals surface area (Å²) < 4.78 is 5.77. The highest BCUT2D eigenvalue weighted by Crippen LogP contribution is 2.25. The summed E-state index contributed by atoms with van der Waals surface area (Å²) in [5.41, 5.74) is 2.98. The highest BCUT2D eigenvalue weighted by atomic mass is 16.5. The molecule has 2 aliphatic rings. The largest absolute Gasteiger partial charge is 0.492 e. The van der Waals surface area contributed by atoms with E-state index < -0.39 is 0 Å². The lowest BCUT2D eigenvalue weighted by Gasteiger charge is -2.34. The number of hydrogen-bond acceptors (Lipinski definition) is 3. The molecule has 0 radical (unpaired) electrons. The van der Waals surface area contributed by atoms with Crippen LogP contribution in [0.15, 0.2) is 54.6 Å². The van der Waals surface area contributed by atoms with Gasteiger partial charge in [-0.3, -0.25) is 9.69 Å². The van der Waals surface area contributed by atoms with Crippen molar-refractivity contribution < 1.29 is 9.53 Å². The standard InChI is InChI=1S/C23H28N2O2/c26-23-12-13-24(21-11-10-19-6-4-5-7-20(19)18-21)14-15-25(23)16-17-27-22-8-2-1-3-9-22/h1-9,21H,10-18H2. The molecule has 0 spiro atoms. The van der Waals surface area contributed by atoms with Crippen molar-refractivity contribution in [1.82, 2.24) is 9.80 Å². The van der Waals surface area contributed by atoms with Crippen molar-refractivity contribution >= 4 is 5.91 Å². The van der Waals surface area contributed by atoms with Gasteiger partial charge >= 0.3 is 0 Å². The third kappa shape index (κ3) is 4.51. The molecular weight excluding hydrogens is 336 g/mol. The maximum Gasteiger partial charge on any atom is 0.224 e. The van der Waals surface area contributed by atoms with Gasteiger partial charge in [0.2, 0.25) is 5.91 Å². The Hall–Kier alpha value is -2.33. The molecule has 4 heteroatoms. The molecule has 0 bridgehead atoms. The fourth-order valence-corrected chi connectivity index (χ4v) is 4.27. The Morgan fingerprint density at radius 1 is 0.889 bits per heavy atom. The first-order chi connectivity index (χ1) is 13.3. The fourth-order valence-electron chi connectivity index (χ4n) is 4.27. The maximum absolute atomic E-state index is 12.5. The minimum absolute atomic E-state index is 0.255. The van der Waals surface area contributed by atoms with Gasteiger partial charge in [0.15, 0.2) is 0 Å². The van der Waals surface area contributed by atoms with E-state index >= 15 is 0 Å². The van der Waals surface area contributed by atoms with Crippen LogP contribution >= 0.6 is 0 Å². The lowest BCUT2D eigenvalue weighted by molar-refractivity contribution is -0.130. The molecule has 1 amide bonds. The molecule has 0 aromatic heterocycles. The molecule has 2 aromatic carbocycles. The molecule has 1 fully saturated rings. The fraction of sp³-hybridized carbons (Fsp3) is 0.435. The Kier molecular flexibility index (Phi) is 5.73. The van der Waals surface area contributed by atoms with E-state index in [0.717, 1.165) is 38.2 Å². The van der Waals surface area contributed by atoms with Crippen LogP contribution in [0.4, 0.5) is 0 Å². The molecule has 4 nitrogen and oxygen atoms in total. The van der Waals surface area contributed by atoms with E-state index in [1.54, 1.807) is 0 Å². The Bertz CT molecular complexity index is 762. The number of carbonyl (C=O) groups is 1. The molecule has 27 heavy (non-hydrogen) atoms. The van der Waals surface area contributed by atoms with E-state index in [0.29, 0.717) is 25.6 Å². The van der Waals surface area contributed by atoms with Gasteiger partial charge in [-0.25, -0.2) is 0 Å². The highest BCUT2D eigenvalue weighted by Gasteiger charge is 2.28. The summed E-state index contributed by atoms with van der Waals surface area (Å²) in [6.45, 7) is 3.85. The summed E-state index contributed by atoms with van der Waals surface area (Å²) in [6.07, 6.45) is 4.08. The first-order valence-electron chi connectivity index (χ1n) is 10.1. The minimum atomic E-state index is 0.255. The van der Waals surface area contributed by atoms with Gasteiger partial charge in [-0.05, 0) is 42.5 Å². The third-order valence-electron chi connectivity index (χ3n) is 5.83. The molecule has 1 aliphatic heterocycles. The normalized spacial score (nSPS) is 20.8. The quantitative estimate of drug-likeness (QED) is 0.817. The van der Waals surface area contributed by atoms with Crippen LogP contribution in [0.3, 0.4) is 0 Å². The van der Waals surface area contributed by atoms with Crippen molar-refractivity contribution in [1.29, 1.82) is 0 Å². The van der Waals surface area contributed by atoms with Crippen molar-refractivity contribution in [2.45, 2.75) is 31.7 Å². The van der Waals surface area contributed by atoms with E-state index in [-0.39, 0.29) is 5.91 Å². The van der Waals surface area contributed by atoms with E-state index in [1.807, 2.05) is 35.2 Å². The van der Waals surface area contributed by atoms with Crippen LogP contribution in [0.2, 0.25) is 0 Å². The number of nitrogens with zero attached hydrogens (tertiary/aromatic N) is 2. The molecule has 4 rings (SSSR count). The molecule has 142 valence electrons. The second-order valence-corrected chi connectivity index (χ2v) is 7.49. The van der Waals surface area contributed by atoms with Crippen molar-refractivity contribution in [3.05, 3.63) is 65.7 Å². The summed E-state index contributed by atoms with van der Waals surface area (Å²) in [4.78, 5) is 17.0. The topological polar surface area (TPSA) is 32.8 Å². The van der Waals surface area contributed by atoms with Gasteiger partial charge in [0.05, 0.1) is 6.54 Å². The Morgan fingerprint density at radius 2 is 1.67 bits per heavy atom. The average molecular weight is 364 g/mol. The molecule has 1 unspecified atom stereocenters. The van der Waals surface area contributed by atoms with Crippen LogP contribution in [0.5, 0.6) is 5.75 Å². The first-order valence-corrected chi connectivity index (χ1v) is 10.1. The van der Waals surface area contributed by atoms with Crippen molar-refractivity contribution in [2.75, 3.05) is 32.8 Å². The summed E-state index contributed by atoms with van der Waals surface area (Å²) in [7, 11) is 0. The molecule has 1 heterocycles. The van der Waals surface area contributed by atoms with Crippen LogP contribution < -0.4 is 4.74 Å². The van der Waals surface area contributed by atoms with Gasteiger partial charge in [0.25, 0.3) is 0 Å². The summed E-state index contributed by atoms with van der Waals surface area (Å²) in [5.74, 6) is 1.12. The number of hydrogen-bond donors (Lipinski definition) is 0. The summed E-state index contributed by atoms with van der Waals surface area (Å²) >= 11 is 0. The smallest absolute Gasteiger partial charge is 0.224 e. The van der Waals surface area contributed by atoms with Gasteiger partial charge in [0.1, 0.15) is 12.4 Å². The number of aryl methyl sites for hydroxylation is 1. The SMILES string of the molecule is O=C1CCN(C2CCc3ccccc3C2)CCN1CCOc1ccccc1. The summed E-state index contributed by atoms with van der Waals surface area (Å²) in [6, 6.07) is 19.2. The van der Waals surface area contributed by atoms with Crippen molar-refractivity contribution in [2.24, 2.45) is 0 Å².